The minimum Gasteiger partial charge on any atom is -0.497 e. The number of ether oxygens (including phenoxy) is 2. The maximum absolute atomic E-state index is 12.3. The largest absolute Gasteiger partial charge is 0.497 e. The lowest BCUT2D eigenvalue weighted by atomic mass is 9.74. The van der Waals surface area contributed by atoms with Crippen molar-refractivity contribution in [2.45, 2.75) is 18.3 Å². The van der Waals surface area contributed by atoms with E-state index in [0.717, 1.165) is 18.4 Å². The van der Waals surface area contributed by atoms with Crippen molar-refractivity contribution in [2.75, 3.05) is 32.2 Å². The van der Waals surface area contributed by atoms with Crippen molar-refractivity contribution in [3.05, 3.63) is 60.2 Å². The van der Waals surface area contributed by atoms with Crippen LogP contribution in [0.4, 0.5) is 5.69 Å². The number of benzene rings is 2. The minimum absolute atomic E-state index is 0.217. The van der Waals surface area contributed by atoms with Gasteiger partial charge in [0.1, 0.15) is 5.75 Å². The normalized spacial score (nSPS) is 15.6. The summed E-state index contributed by atoms with van der Waals surface area (Å²) in [7, 11) is 1.55. The van der Waals surface area contributed by atoms with E-state index in [0.29, 0.717) is 31.2 Å². The number of hydrogen-bond acceptors (Lipinski definition) is 4. The van der Waals surface area contributed by atoms with E-state index in [4.69, 9.17) is 9.47 Å². The molecule has 0 aromatic heterocycles. The lowest BCUT2D eigenvalue weighted by molar-refractivity contribution is -0.136. The molecule has 0 bridgehead atoms. The number of amides is 2. The lowest BCUT2D eigenvalue weighted by Crippen LogP contribution is -2.47. The van der Waals surface area contributed by atoms with Gasteiger partial charge in [0.15, 0.2) is 0 Å². The van der Waals surface area contributed by atoms with Crippen LogP contribution in [0.1, 0.15) is 18.4 Å². The molecule has 142 valence electrons. The van der Waals surface area contributed by atoms with Crippen LogP contribution in [0.2, 0.25) is 0 Å². The Hall–Kier alpha value is -2.86. The van der Waals surface area contributed by atoms with Crippen LogP contribution >= 0.6 is 0 Å². The molecule has 1 aliphatic rings. The molecule has 0 spiro atoms. The Labute approximate surface area is 158 Å². The first-order valence-electron chi connectivity index (χ1n) is 8.99. The van der Waals surface area contributed by atoms with E-state index >= 15 is 0 Å². The highest BCUT2D eigenvalue weighted by Gasteiger charge is 2.35. The van der Waals surface area contributed by atoms with Gasteiger partial charge < -0.3 is 20.1 Å². The summed E-state index contributed by atoms with van der Waals surface area (Å²) in [5.74, 6) is -0.739. The summed E-state index contributed by atoms with van der Waals surface area (Å²) in [6.45, 7) is 1.67. The molecular formula is C21H24N2O4. The average molecular weight is 368 g/mol. The van der Waals surface area contributed by atoms with E-state index in [9.17, 15) is 9.59 Å². The monoisotopic (exact) mass is 368 g/mol. The molecule has 6 heteroatoms. The zero-order valence-electron chi connectivity index (χ0n) is 15.4. The summed E-state index contributed by atoms with van der Waals surface area (Å²) >= 11 is 0. The Kier molecular flexibility index (Phi) is 6.08. The summed E-state index contributed by atoms with van der Waals surface area (Å²) in [6, 6.07) is 17.0. The van der Waals surface area contributed by atoms with Crippen molar-refractivity contribution < 1.29 is 19.1 Å². The molecule has 2 aromatic carbocycles. The zero-order valence-corrected chi connectivity index (χ0v) is 15.4. The quantitative estimate of drug-likeness (QED) is 0.795. The third kappa shape index (κ3) is 4.65. The number of anilines is 1. The topological polar surface area (TPSA) is 76.7 Å². The van der Waals surface area contributed by atoms with Crippen LogP contribution in [0.25, 0.3) is 0 Å². The number of carbonyl (C=O) groups is 2. The van der Waals surface area contributed by atoms with Crippen molar-refractivity contribution in [1.82, 2.24) is 5.32 Å². The molecule has 1 aliphatic heterocycles. The van der Waals surface area contributed by atoms with Gasteiger partial charge in [-0.25, -0.2) is 0 Å². The van der Waals surface area contributed by atoms with Crippen molar-refractivity contribution in [3.8, 4) is 5.75 Å². The predicted octanol–water partition coefficient (Wildman–Crippen LogP) is 2.50. The number of hydrogen-bond donors (Lipinski definition) is 2. The molecule has 27 heavy (non-hydrogen) atoms. The van der Waals surface area contributed by atoms with Gasteiger partial charge in [-0.05, 0) is 30.5 Å². The van der Waals surface area contributed by atoms with E-state index in [1.165, 1.54) is 0 Å². The van der Waals surface area contributed by atoms with E-state index in [1.807, 2.05) is 18.2 Å². The fourth-order valence-electron chi connectivity index (χ4n) is 3.34. The Balaban J connectivity index is 1.64. The first-order chi connectivity index (χ1) is 13.1. The Bertz CT molecular complexity index is 786. The van der Waals surface area contributed by atoms with Gasteiger partial charge in [-0.1, -0.05) is 36.4 Å². The molecule has 3 rings (SSSR count). The molecule has 0 atom stereocenters. The molecule has 0 unspecified atom stereocenters. The summed E-state index contributed by atoms with van der Waals surface area (Å²) in [5.41, 5.74) is 1.45. The summed E-state index contributed by atoms with van der Waals surface area (Å²) < 4.78 is 10.6. The summed E-state index contributed by atoms with van der Waals surface area (Å²) in [5, 5.41) is 5.40. The molecule has 1 heterocycles. The predicted molar refractivity (Wildman–Crippen MR) is 103 cm³/mol. The second-order valence-corrected chi connectivity index (χ2v) is 6.63. The first-order valence-corrected chi connectivity index (χ1v) is 8.99. The van der Waals surface area contributed by atoms with E-state index in [2.05, 4.69) is 22.8 Å². The van der Waals surface area contributed by atoms with Gasteiger partial charge in [-0.3, -0.25) is 9.59 Å². The van der Waals surface area contributed by atoms with Crippen LogP contribution in [0.15, 0.2) is 54.6 Å². The van der Waals surface area contributed by atoms with Crippen LogP contribution in [0.3, 0.4) is 0 Å². The van der Waals surface area contributed by atoms with Crippen LogP contribution < -0.4 is 15.4 Å². The molecular weight excluding hydrogens is 344 g/mol. The third-order valence-electron chi connectivity index (χ3n) is 4.96. The molecule has 1 saturated heterocycles. The van der Waals surface area contributed by atoms with E-state index in [1.54, 1.807) is 31.4 Å². The SMILES string of the molecule is COc1cccc(NC(=O)C(=O)NCC2(c3ccccc3)CCOCC2)c1. The Morgan fingerprint density at radius 1 is 1.04 bits per heavy atom. The molecule has 6 nitrogen and oxygen atoms in total. The highest BCUT2D eigenvalue weighted by atomic mass is 16.5. The van der Waals surface area contributed by atoms with Crippen LogP contribution in [-0.2, 0) is 19.7 Å². The van der Waals surface area contributed by atoms with Gasteiger partial charge in [-0.2, -0.15) is 0 Å². The van der Waals surface area contributed by atoms with Gasteiger partial charge in [-0.15, -0.1) is 0 Å². The summed E-state index contributed by atoms with van der Waals surface area (Å²) in [4.78, 5) is 24.6. The van der Waals surface area contributed by atoms with Gasteiger partial charge in [0.25, 0.3) is 0 Å². The van der Waals surface area contributed by atoms with Crippen molar-refractivity contribution >= 4 is 17.5 Å². The smallest absolute Gasteiger partial charge is 0.313 e. The van der Waals surface area contributed by atoms with Gasteiger partial charge >= 0.3 is 11.8 Å². The minimum atomic E-state index is -0.696. The molecule has 0 saturated carbocycles. The van der Waals surface area contributed by atoms with Crippen molar-refractivity contribution in [2.24, 2.45) is 0 Å². The number of rotatable bonds is 5. The fourth-order valence-corrected chi connectivity index (χ4v) is 3.34. The van der Waals surface area contributed by atoms with Gasteiger partial charge in [0, 0.05) is 36.9 Å². The highest BCUT2D eigenvalue weighted by molar-refractivity contribution is 6.39. The van der Waals surface area contributed by atoms with Crippen molar-refractivity contribution in [3.63, 3.8) is 0 Å². The highest BCUT2D eigenvalue weighted by Crippen LogP contribution is 2.34. The second kappa shape index (κ2) is 8.68. The molecule has 1 fully saturated rings. The molecule has 2 N–H and O–H groups in total. The van der Waals surface area contributed by atoms with Crippen LogP contribution in [-0.4, -0.2) is 38.7 Å². The molecule has 0 aliphatic carbocycles. The Morgan fingerprint density at radius 3 is 2.48 bits per heavy atom. The maximum atomic E-state index is 12.3. The number of nitrogens with one attached hydrogen (secondary N) is 2. The van der Waals surface area contributed by atoms with Crippen LogP contribution in [0.5, 0.6) is 5.75 Å². The van der Waals surface area contributed by atoms with Gasteiger partial charge in [0.2, 0.25) is 0 Å². The number of carbonyl (C=O) groups excluding carboxylic acids is 2. The van der Waals surface area contributed by atoms with Crippen LogP contribution in [0, 0.1) is 0 Å². The van der Waals surface area contributed by atoms with Crippen molar-refractivity contribution in [1.29, 1.82) is 0 Å². The average Bonchev–Trinajstić information content (AvgIpc) is 2.73. The maximum Gasteiger partial charge on any atom is 0.313 e. The third-order valence-corrected chi connectivity index (χ3v) is 4.96. The number of methoxy groups -OCH3 is 1. The zero-order chi connectivity index (χ0) is 19.1. The molecule has 0 radical (unpaired) electrons. The fraction of sp³-hybridized carbons (Fsp3) is 0.333. The lowest BCUT2D eigenvalue weighted by Gasteiger charge is -2.37. The second-order valence-electron chi connectivity index (χ2n) is 6.63. The first kappa shape index (κ1) is 18.9. The Morgan fingerprint density at radius 2 is 1.78 bits per heavy atom. The molecule has 2 amide bonds. The standard InChI is InChI=1S/C21H24N2O4/c1-26-18-9-5-8-17(14-18)23-20(25)19(24)22-15-21(10-12-27-13-11-21)16-6-3-2-4-7-16/h2-9,14H,10-13,15H2,1H3,(H,22,24)(H,23,25). The van der Waals surface area contributed by atoms with E-state index in [-0.39, 0.29) is 5.41 Å². The van der Waals surface area contributed by atoms with Gasteiger partial charge in [0.05, 0.1) is 7.11 Å². The molecule has 2 aromatic rings. The summed E-state index contributed by atoms with van der Waals surface area (Å²) in [6.07, 6.45) is 1.60. The van der Waals surface area contributed by atoms with E-state index < -0.39 is 11.8 Å².